The van der Waals surface area contributed by atoms with E-state index in [0.29, 0.717) is 28.6 Å². The lowest BCUT2D eigenvalue weighted by Crippen LogP contribution is -2.43. The summed E-state index contributed by atoms with van der Waals surface area (Å²) in [6, 6.07) is 22.4. The Balaban J connectivity index is 1.91. The summed E-state index contributed by atoms with van der Waals surface area (Å²) in [6.07, 6.45) is 0. The van der Waals surface area contributed by atoms with Crippen LogP contribution < -0.4 is 25.0 Å². The van der Waals surface area contributed by atoms with E-state index < -0.39 is 0 Å². The molecule has 0 amide bonds. The number of anilines is 1. The van der Waals surface area contributed by atoms with Crippen molar-refractivity contribution in [1.82, 2.24) is 4.58 Å². The van der Waals surface area contributed by atoms with Gasteiger partial charge in [-0.25, -0.2) is 0 Å². The molecule has 6 heteroatoms. The number of benzene rings is 3. The van der Waals surface area contributed by atoms with E-state index in [1.165, 1.54) is 7.11 Å². The Morgan fingerprint density at radius 1 is 0.784 bits per heavy atom. The number of phenols is 2. The Bertz CT molecular complexity index is 1380. The maximum atomic E-state index is 13.7. The van der Waals surface area contributed by atoms with Crippen molar-refractivity contribution < 1.29 is 14.9 Å². The van der Waals surface area contributed by atoms with Crippen LogP contribution in [-0.4, -0.2) is 30.4 Å². The number of aromatic hydroxyl groups is 2. The van der Waals surface area contributed by atoms with E-state index in [4.69, 9.17) is 4.74 Å². The van der Waals surface area contributed by atoms with Gasteiger partial charge in [-0.15, -0.1) is 4.58 Å². The Morgan fingerprint density at radius 2 is 1.24 bits per heavy atom. The normalized spacial score (nSPS) is 11.3. The first-order chi connectivity index (χ1) is 17.7. The van der Waals surface area contributed by atoms with Gasteiger partial charge in [0.2, 0.25) is 17.1 Å². The van der Waals surface area contributed by atoms with Crippen LogP contribution >= 0.6 is 0 Å². The second kappa shape index (κ2) is 10.9. The molecule has 4 rings (SSSR count). The van der Waals surface area contributed by atoms with E-state index in [-0.39, 0.29) is 28.1 Å². The predicted molar refractivity (Wildman–Crippen MR) is 150 cm³/mol. The molecule has 6 nitrogen and oxygen atoms in total. The average molecular weight is 500 g/mol. The van der Waals surface area contributed by atoms with Crippen LogP contribution in [0.1, 0.15) is 27.7 Å². The van der Waals surface area contributed by atoms with E-state index in [0.717, 1.165) is 24.5 Å². The van der Waals surface area contributed by atoms with Crippen LogP contribution in [0.4, 0.5) is 17.1 Å². The average Bonchev–Trinajstić information content (AvgIpc) is 2.86. The number of nitrogens with zero attached hydrogens (tertiary/aromatic N) is 2. The molecule has 0 saturated carbocycles. The van der Waals surface area contributed by atoms with E-state index in [9.17, 15) is 15.0 Å². The molecular formula is C31H35N2O4+. The van der Waals surface area contributed by atoms with Gasteiger partial charge in [-0.05, 0) is 11.8 Å². The van der Waals surface area contributed by atoms with Gasteiger partial charge in [0.1, 0.15) is 11.5 Å². The molecule has 0 aromatic heterocycles. The van der Waals surface area contributed by atoms with Gasteiger partial charge in [0.05, 0.1) is 18.2 Å². The summed E-state index contributed by atoms with van der Waals surface area (Å²) in [5.41, 5.74) is 2.25. The van der Waals surface area contributed by atoms with Gasteiger partial charge in [0.25, 0.3) is 5.43 Å². The van der Waals surface area contributed by atoms with E-state index in [1.807, 2.05) is 65.2 Å². The van der Waals surface area contributed by atoms with E-state index in [2.05, 4.69) is 32.6 Å². The molecule has 0 atom stereocenters. The van der Waals surface area contributed by atoms with Crippen LogP contribution in [-0.2, 0) is 0 Å². The maximum absolute atomic E-state index is 13.7. The minimum atomic E-state index is -0.316. The smallest absolute Gasteiger partial charge is 0.303 e. The van der Waals surface area contributed by atoms with Gasteiger partial charge in [0.15, 0.2) is 0 Å². The molecule has 4 aromatic carbocycles. The van der Waals surface area contributed by atoms with Crippen LogP contribution in [0.2, 0.25) is 0 Å². The SMILES string of the molecule is COc1c(-c2c(O)cc(N(CC(C)C)CC(C)C)cc2O)c(=O)c1=[N+](c1ccccc1)c1ccccc1. The number of rotatable bonds is 9. The maximum Gasteiger partial charge on any atom is 0.303 e. The van der Waals surface area contributed by atoms with Gasteiger partial charge in [-0.3, -0.25) is 4.79 Å². The second-order valence-corrected chi connectivity index (χ2v) is 10.1. The highest BCUT2D eigenvalue weighted by Gasteiger charge is 2.34. The highest BCUT2D eigenvalue weighted by atomic mass is 16.5. The Kier molecular flexibility index (Phi) is 7.67. The first-order valence-electron chi connectivity index (χ1n) is 12.6. The van der Waals surface area contributed by atoms with Crippen molar-refractivity contribution in [2.24, 2.45) is 11.8 Å². The van der Waals surface area contributed by atoms with Gasteiger partial charge >= 0.3 is 5.36 Å². The number of phenolic OH excluding ortho intramolecular Hbond substituents is 2. The van der Waals surface area contributed by atoms with Crippen LogP contribution in [0.15, 0.2) is 77.6 Å². The first kappa shape index (κ1) is 26.0. The molecule has 0 heterocycles. The second-order valence-electron chi connectivity index (χ2n) is 10.1. The molecule has 2 N–H and O–H groups in total. The highest BCUT2D eigenvalue weighted by molar-refractivity contribution is 5.85. The standard InChI is InChI=1S/C31H34N2O4/c1-20(2)18-32(19-21(3)4)24-16-25(34)27(26(35)17-24)28-30(36)29(31(28)37-5)33(22-12-8-6-9-13-22)23-14-10-7-11-15-23/h6-17,20-21H,18-19H2,1-5H3,(H,34,35)/p+1. The summed E-state index contributed by atoms with van der Waals surface area (Å²) < 4.78 is 7.53. The third kappa shape index (κ3) is 5.24. The van der Waals surface area contributed by atoms with Crippen LogP contribution in [0.25, 0.3) is 11.1 Å². The fraction of sp³-hybridized carbons (Fsp3) is 0.290. The number of hydrogen-bond acceptors (Lipinski definition) is 5. The molecule has 0 fully saturated rings. The zero-order valence-corrected chi connectivity index (χ0v) is 22.1. The Morgan fingerprint density at radius 3 is 1.65 bits per heavy atom. The molecular weight excluding hydrogens is 464 g/mol. The summed E-state index contributed by atoms with van der Waals surface area (Å²) in [7, 11) is 1.49. The zero-order chi connectivity index (χ0) is 26.7. The lowest BCUT2D eigenvalue weighted by Gasteiger charge is -2.29. The molecule has 0 aliphatic carbocycles. The fourth-order valence-electron chi connectivity index (χ4n) is 4.77. The molecule has 0 saturated heterocycles. The van der Waals surface area contributed by atoms with Crippen molar-refractivity contribution in [3.05, 3.63) is 88.4 Å². The lowest BCUT2D eigenvalue weighted by molar-refractivity contribution is 0.401. The van der Waals surface area contributed by atoms with E-state index in [1.54, 1.807) is 12.1 Å². The zero-order valence-electron chi connectivity index (χ0n) is 22.1. The third-order valence-corrected chi connectivity index (χ3v) is 6.21. The fourth-order valence-corrected chi connectivity index (χ4v) is 4.77. The van der Waals surface area contributed by atoms with Crippen molar-refractivity contribution >= 4 is 17.1 Å². The molecule has 192 valence electrons. The van der Waals surface area contributed by atoms with Crippen molar-refractivity contribution in [1.29, 1.82) is 0 Å². The Hall–Kier alpha value is -4.06. The van der Waals surface area contributed by atoms with Crippen LogP contribution in [0, 0.1) is 11.8 Å². The predicted octanol–water partition coefficient (Wildman–Crippen LogP) is 5.56. The molecule has 0 aliphatic heterocycles. The summed E-state index contributed by atoms with van der Waals surface area (Å²) in [4.78, 5) is 15.8. The first-order valence-corrected chi connectivity index (χ1v) is 12.6. The molecule has 0 bridgehead atoms. The quantitative estimate of drug-likeness (QED) is 0.295. The van der Waals surface area contributed by atoms with Crippen LogP contribution in [0.3, 0.4) is 0 Å². The minimum absolute atomic E-state index is 0.0875. The van der Waals surface area contributed by atoms with Gasteiger partial charge in [0, 0.05) is 55.2 Å². The van der Waals surface area contributed by atoms with Gasteiger partial charge < -0.3 is 19.8 Å². The molecule has 0 aliphatic rings. The van der Waals surface area contributed by atoms with Gasteiger partial charge in [-0.1, -0.05) is 64.1 Å². The molecule has 0 spiro atoms. The Labute approximate surface area is 218 Å². The molecule has 37 heavy (non-hydrogen) atoms. The topological polar surface area (TPSA) is 73.0 Å². The summed E-state index contributed by atoms with van der Waals surface area (Å²) in [6.45, 7) is 10.1. The van der Waals surface area contributed by atoms with Crippen LogP contribution in [0.5, 0.6) is 17.2 Å². The molecule has 0 unspecified atom stereocenters. The van der Waals surface area contributed by atoms with Gasteiger partial charge in [-0.2, -0.15) is 0 Å². The highest BCUT2D eigenvalue weighted by Crippen LogP contribution is 2.43. The monoisotopic (exact) mass is 499 g/mol. The number of para-hydroxylation sites is 2. The largest absolute Gasteiger partial charge is 0.507 e. The molecule has 0 radical (unpaired) electrons. The van der Waals surface area contributed by atoms with Crippen molar-refractivity contribution in [3.63, 3.8) is 0 Å². The third-order valence-electron chi connectivity index (χ3n) is 6.21. The summed E-state index contributed by atoms with van der Waals surface area (Å²) in [5.74, 6) is 0.804. The molecule has 4 aromatic rings. The number of methoxy groups -OCH3 is 1. The van der Waals surface area contributed by atoms with Crippen molar-refractivity contribution in [2.75, 3.05) is 25.1 Å². The lowest BCUT2D eigenvalue weighted by atomic mass is 9.96. The van der Waals surface area contributed by atoms with Crippen molar-refractivity contribution in [3.8, 4) is 28.4 Å². The summed E-state index contributed by atoms with van der Waals surface area (Å²) >= 11 is 0. The number of ether oxygens (including phenoxy) is 1. The van der Waals surface area contributed by atoms with E-state index >= 15 is 0 Å². The minimum Gasteiger partial charge on any atom is -0.507 e. The van der Waals surface area contributed by atoms with Crippen molar-refractivity contribution in [2.45, 2.75) is 27.7 Å². The number of hydrogen-bond donors (Lipinski definition) is 2. The summed E-state index contributed by atoms with van der Waals surface area (Å²) in [5, 5.41) is 22.5.